The lowest BCUT2D eigenvalue weighted by atomic mass is 10.2. The molecule has 1 aliphatic heterocycles. The number of carbonyl (C=O) groups is 1. The Morgan fingerprint density at radius 2 is 2.33 bits per heavy atom. The SMILES string of the molecule is CCC1CN(C(=O)CCCN)CCS1.Cl. The van der Waals surface area contributed by atoms with E-state index in [0.717, 1.165) is 31.7 Å². The molecule has 2 N–H and O–H groups in total. The zero-order valence-electron chi connectivity index (χ0n) is 9.28. The van der Waals surface area contributed by atoms with Crippen LogP contribution in [0, 0.1) is 0 Å². The van der Waals surface area contributed by atoms with Crippen molar-refractivity contribution in [3.8, 4) is 0 Å². The van der Waals surface area contributed by atoms with Gasteiger partial charge in [-0.05, 0) is 19.4 Å². The molecule has 0 aliphatic carbocycles. The van der Waals surface area contributed by atoms with Gasteiger partial charge < -0.3 is 10.6 Å². The van der Waals surface area contributed by atoms with Gasteiger partial charge in [0.2, 0.25) is 5.91 Å². The lowest BCUT2D eigenvalue weighted by Gasteiger charge is -2.32. The van der Waals surface area contributed by atoms with Gasteiger partial charge in [0, 0.05) is 30.5 Å². The Hall–Kier alpha value is 0.0700. The van der Waals surface area contributed by atoms with E-state index in [1.54, 1.807) is 0 Å². The van der Waals surface area contributed by atoms with E-state index in [0.29, 0.717) is 18.2 Å². The predicted molar refractivity (Wildman–Crippen MR) is 68.7 cm³/mol. The van der Waals surface area contributed by atoms with Gasteiger partial charge in [-0.2, -0.15) is 11.8 Å². The van der Waals surface area contributed by atoms with Gasteiger partial charge in [0.25, 0.3) is 0 Å². The highest BCUT2D eigenvalue weighted by Crippen LogP contribution is 2.21. The Labute approximate surface area is 103 Å². The van der Waals surface area contributed by atoms with E-state index in [4.69, 9.17) is 5.73 Å². The van der Waals surface area contributed by atoms with Crippen LogP contribution >= 0.6 is 24.2 Å². The van der Waals surface area contributed by atoms with E-state index >= 15 is 0 Å². The van der Waals surface area contributed by atoms with Crippen LogP contribution in [0.2, 0.25) is 0 Å². The molecule has 1 amide bonds. The average Bonchev–Trinajstić information content (AvgIpc) is 2.26. The normalized spacial score (nSPS) is 20.9. The summed E-state index contributed by atoms with van der Waals surface area (Å²) in [6.45, 7) is 4.66. The van der Waals surface area contributed by atoms with E-state index in [2.05, 4.69) is 6.92 Å². The summed E-state index contributed by atoms with van der Waals surface area (Å²) in [5.74, 6) is 1.38. The van der Waals surface area contributed by atoms with Crippen LogP contribution in [0.25, 0.3) is 0 Å². The van der Waals surface area contributed by atoms with Crippen LogP contribution in [0.1, 0.15) is 26.2 Å². The van der Waals surface area contributed by atoms with Gasteiger partial charge >= 0.3 is 0 Å². The maximum Gasteiger partial charge on any atom is 0.222 e. The minimum absolute atomic E-state index is 0. The Balaban J connectivity index is 0.00000196. The predicted octanol–water partition coefficient (Wildman–Crippen LogP) is 1.50. The number of amides is 1. The fourth-order valence-corrected chi connectivity index (χ4v) is 2.78. The molecular weight excluding hydrogens is 232 g/mol. The summed E-state index contributed by atoms with van der Waals surface area (Å²) in [6, 6.07) is 0. The molecule has 15 heavy (non-hydrogen) atoms. The maximum atomic E-state index is 11.7. The Morgan fingerprint density at radius 3 is 2.93 bits per heavy atom. The fraction of sp³-hybridized carbons (Fsp3) is 0.900. The van der Waals surface area contributed by atoms with E-state index in [-0.39, 0.29) is 18.3 Å². The van der Waals surface area contributed by atoms with Crippen molar-refractivity contribution in [3.05, 3.63) is 0 Å². The van der Waals surface area contributed by atoms with Crippen molar-refractivity contribution in [2.24, 2.45) is 5.73 Å². The molecule has 1 saturated heterocycles. The second-order valence-corrected chi connectivity index (χ2v) is 5.04. The van der Waals surface area contributed by atoms with Crippen LogP contribution in [0.3, 0.4) is 0 Å². The van der Waals surface area contributed by atoms with E-state index in [1.165, 1.54) is 0 Å². The molecule has 1 aliphatic rings. The first-order valence-corrected chi connectivity index (χ1v) is 6.42. The van der Waals surface area contributed by atoms with Crippen LogP contribution in [-0.2, 0) is 4.79 Å². The standard InChI is InChI=1S/C10H20N2OS.ClH/c1-2-9-8-12(6-7-14-9)10(13)4-3-5-11;/h9H,2-8,11H2,1H3;1H. The van der Waals surface area contributed by atoms with Crippen molar-refractivity contribution >= 4 is 30.1 Å². The molecule has 0 aromatic carbocycles. The highest BCUT2D eigenvalue weighted by Gasteiger charge is 2.22. The summed E-state index contributed by atoms with van der Waals surface area (Å²) < 4.78 is 0. The smallest absolute Gasteiger partial charge is 0.222 e. The number of halogens is 1. The average molecular weight is 253 g/mol. The van der Waals surface area contributed by atoms with Gasteiger partial charge in [0.15, 0.2) is 0 Å². The third-order valence-electron chi connectivity index (χ3n) is 2.54. The number of nitrogens with zero attached hydrogens (tertiary/aromatic N) is 1. The third kappa shape index (κ3) is 5.09. The second kappa shape index (κ2) is 8.25. The second-order valence-electron chi connectivity index (χ2n) is 3.63. The molecule has 0 aromatic heterocycles. The lowest BCUT2D eigenvalue weighted by Crippen LogP contribution is -2.41. The van der Waals surface area contributed by atoms with Crippen molar-refractivity contribution in [2.75, 3.05) is 25.4 Å². The van der Waals surface area contributed by atoms with Gasteiger partial charge in [-0.25, -0.2) is 0 Å². The molecule has 1 fully saturated rings. The molecule has 1 atom stereocenters. The van der Waals surface area contributed by atoms with Gasteiger partial charge in [0.1, 0.15) is 0 Å². The topological polar surface area (TPSA) is 46.3 Å². The molecule has 3 nitrogen and oxygen atoms in total. The first-order chi connectivity index (χ1) is 6.77. The molecular formula is C10H21ClN2OS. The van der Waals surface area contributed by atoms with Crippen LogP contribution in [0.4, 0.5) is 0 Å². The van der Waals surface area contributed by atoms with Gasteiger partial charge in [-0.15, -0.1) is 12.4 Å². The minimum Gasteiger partial charge on any atom is -0.341 e. The van der Waals surface area contributed by atoms with E-state index < -0.39 is 0 Å². The Morgan fingerprint density at radius 1 is 1.60 bits per heavy atom. The minimum atomic E-state index is 0. The first kappa shape index (κ1) is 15.1. The van der Waals surface area contributed by atoms with Gasteiger partial charge in [-0.3, -0.25) is 4.79 Å². The van der Waals surface area contributed by atoms with E-state index in [9.17, 15) is 4.79 Å². The van der Waals surface area contributed by atoms with Gasteiger partial charge in [0.05, 0.1) is 0 Å². The first-order valence-electron chi connectivity index (χ1n) is 5.37. The molecule has 0 aromatic rings. The number of hydrogen-bond donors (Lipinski definition) is 1. The molecule has 5 heteroatoms. The van der Waals surface area contributed by atoms with Crippen molar-refractivity contribution in [1.82, 2.24) is 4.90 Å². The quantitative estimate of drug-likeness (QED) is 0.825. The maximum absolute atomic E-state index is 11.7. The molecule has 1 unspecified atom stereocenters. The lowest BCUT2D eigenvalue weighted by molar-refractivity contribution is -0.131. The summed E-state index contributed by atoms with van der Waals surface area (Å²) in [5.41, 5.74) is 5.38. The zero-order valence-corrected chi connectivity index (χ0v) is 10.9. The summed E-state index contributed by atoms with van der Waals surface area (Å²) in [5, 5.41) is 0.644. The van der Waals surface area contributed by atoms with Crippen molar-refractivity contribution in [2.45, 2.75) is 31.4 Å². The summed E-state index contributed by atoms with van der Waals surface area (Å²) in [7, 11) is 0. The largest absolute Gasteiger partial charge is 0.341 e. The van der Waals surface area contributed by atoms with Crippen LogP contribution in [-0.4, -0.2) is 41.4 Å². The number of hydrogen-bond acceptors (Lipinski definition) is 3. The van der Waals surface area contributed by atoms with Crippen LogP contribution in [0.15, 0.2) is 0 Å². The molecule has 0 spiro atoms. The number of carbonyl (C=O) groups excluding carboxylic acids is 1. The van der Waals surface area contributed by atoms with Crippen molar-refractivity contribution in [3.63, 3.8) is 0 Å². The number of nitrogens with two attached hydrogens (primary N) is 1. The van der Waals surface area contributed by atoms with Crippen LogP contribution in [0.5, 0.6) is 0 Å². The highest BCUT2D eigenvalue weighted by atomic mass is 35.5. The molecule has 0 radical (unpaired) electrons. The Kier molecular flexibility index (Phi) is 8.29. The fourth-order valence-electron chi connectivity index (χ4n) is 1.60. The summed E-state index contributed by atoms with van der Waals surface area (Å²) in [6.07, 6.45) is 2.60. The van der Waals surface area contributed by atoms with E-state index in [1.807, 2.05) is 16.7 Å². The molecule has 1 rings (SSSR count). The zero-order chi connectivity index (χ0) is 10.4. The molecule has 0 saturated carbocycles. The van der Waals surface area contributed by atoms with Gasteiger partial charge in [-0.1, -0.05) is 6.92 Å². The monoisotopic (exact) mass is 252 g/mol. The van der Waals surface area contributed by atoms with Crippen molar-refractivity contribution in [1.29, 1.82) is 0 Å². The highest BCUT2D eigenvalue weighted by molar-refractivity contribution is 8.00. The van der Waals surface area contributed by atoms with Crippen LogP contribution < -0.4 is 5.73 Å². The molecule has 0 bridgehead atoms. The summed E-state index contributed by atoms with van der Waals surface area (Å²) in [4.78, 5) is 13.7. The molecule has 90 valence electrons. The number of rotatable bonds is 4. The Bertz CT molecular complexity index is 192. The number of thioether (sulfide) groups is 1. The molecule has 1 heterocycles. The summed E-state index contributed by atoms with van der Waals surface area (Å²) >= 11 is 1.99. The van der Waals surface area contributed by atoms with Crippen molar-refractivity contribution < 1.29 is 4.79 Å². The third-order valence-corrected chi connectivity index (χ3v) is 3.91.